The van der Waals surface area contributed by atoms with Crippen LogP contribution in [0.15, 0.2) is 0 Å². The number of piperidine rings is 1. The number of hydrogen-bond acceptors (Lipinski definition) is 2. The Hall–Kier alpha value is -0.770. The van der Waals surface area contributed by atoms with E-state index < -0.39 is 0 Å². The van der Waals surface area contributed by atoms with Gasteiger partial charge in [0.25, 0.3) is 0 Å². The topological polar surface area (TPSA) is 35.6 Å². The Morgan fingerprint density at radius 3 is 2.26 bits per heavy atom. The first kappa shape index (κ1) is 14.6. The second kappa shape index (κ2) is 6.60. The van der Waals surface area contributed by atoms with Gasteiger partial charge in [0.2, 0.25) is 0 Å². The quantitative estimate of drug-likeness (QED) is 0.851. The first-order chi connectivity index (χ1) is 9.08. The molecule has 0 aromatic heterocycles. The third-order valence-electron chi connectivity index (χ3n) is 4.75. The summed E-state index contributed by atoms with van der Waals surface area (Å²) >= 11 is 0. The van der Waals surface area contributed by atoms with E-state index in [4.69, 9.17) is 0 Å². The molecule has 0 aromatic carbocycles. The van der Waals surface area contributed by atoms with E-state index in [1.807, 2.05) is 19.0 Å². The summed E-state index contributed by atoms with van der Waals surface area (Å²) in [5, 5.41) is 3.80. The van der Waals surface area contributed by atoms with Crippen LogP contribution in [0.3, 0.4) is 0 Å². The molecule has 1 aliphatic heterocycles. The predicted octanol–water partition coefficient (Wildman–Crippen LogP) is 2.30. The molecule has 110 valence electrons. The minimum Gasteiger partial charge on any atom is -0.331 e. The highest BCUT2D eigenvalue weighted by Gasteiger charge is 2.27. The Morgan fingerprint density at radius 1 is 1.16 bits per heavy atom. The highest BCUT2D eigenvalue weighted by molar-refractivity contribution is 5.73. The molecule has 2 rings (SSSR count). The van der Waals surface area contributed by atoms with Gasteiger partial charge in [-0.25, -0.2) is 4.79 Å². The minimum absolute atomic E-state index is 0.155. The van der Waals surface area contributed by atoms with E-state index in [1.165, 1.54) is 25.7 Å². The van der Waals surface area contributed by atoms with E-state index in [-0.39, 0.29) is 6.03 Å². The number of amides is 2. The maximum Gasteiger partial charge on any atom is 0.319 e. The van der Waals surface area contributed by atoms with Gasteiger partial charge in [-0.3, -0.25) is 0 Å². The van der Waals surface area contributed by atoms with Gasteiger partial charge in [0.15, 0.2) is 0 Å². The second-order valence-electron chi connectivity index (χ2n) is 6.44. The highest BCUT2D eigenvalue weighted by atomic mass is 16.2. The van der Waals surface area contributed by atoms with Crippen molar-refractivity contribution in [2.24, 2.45) is 5.92 Å². The number of carbonyl (C=O) groups is 1. The standard InChI is InChI=1S/C15H29N3O/c1-12(13-6-4-5-7-13)16-14-8-10-18(11-9-14)15(19)17(2)3/h12-14,16H,4-11H2,1-3H3/t12-/m1/s1. The van der Waals surface area contributed by atoms with Crippen molar-refractivity contribution in [2.45, 2.75) is 57.5 Å². The summed E-state index contributed by atoms with van der Waals surface area (Å²) in [5.41, 5.74) is 0. The average molecular weight is 267 g/mol. The third-order valence-corrected chi connectivity index (χ3v) is 4.75. The molecule has 1 N–H and O–H groups in total. The van der Waals surface area contributed by atoms with Crippen LogP contribution in [0.4, 0.5) is 4.79 Å². The van der Waals surface area contributed by atoms with Gasteiger partial charge in [0.05, 0.1) is 0 Å². The fourth-order valence-corrected chi connectivity index (χ4v) is 3.49. The zero-order valence-electron chi connectivity index (χ0n) is 12.7. The summed E-state index contributed by atoms with van der Waals surface area (Å²) in [4.78, 5) is 15.5. The first-order valence-electron chi connectivity index (χ1n) is 7.80. The lowest BCUT2D eigenvalue weighted by molar-refractivity contribution is 0.149. The lowest BCUT2D eigenvalue weighted by Gasteiger charge is -2.36. The van der Waals surface area contributed by atoms with Crippen LogP contribution in [-0.2, 0) is 0 Å². The van der Waals surface area contributed by atoms with Gasteiger partial charge in [-0.15, -0.1) is 0 Å². The Bertz CT molecular complexity index is 292. The monoisotopic (exact) mass is 267 g/mol. The van der Waals surface area contributed by atoms with Crippen LogP contribution < -0.4 is 5.32 Å². The molecule has 0 unspecified atom stereocenters. The molecular weight excluding hydrogens is 238 g/mol. The molecule has 2 amide bonds. The molecule has 0 spiro atoms. The number of carbonyl (C=O) groups excluding carboxylic acids is 1. The van der Waals surface area contributed by atoms with Crippen LogP contribution in [0.25, 0.3) is 0 Å². The molecule has 1 aliphatic carbocycles. The van der Waals surface area contributed by atoms with Crippen LogP contribution in [0.2, 0.25) is 0 Å². The van der Waals surface area contributed by atoms with E-state index in [0.29, 0.717) is 12.1 Å². The van der Waals surface area contributed by atoms with E-state index in [1.54, 1.807) is 4.90 Å². The Labute approximate surface area is 117 Å². The molecule has 0 aromatic rings. The summed E-state index contributed by atoms with van der Waals surface area (Å²) in [6.45, 7) is 4.13. The molecule has 1 saturated heterocycles. The van der Waals surface area contributed by atoms with Crippen molar-refractivity contribution in [3.63, 3.8) is 0 Å². The predicted molar refractivity (Wildman–Crippen MR) is 78.2 cm³/mol. The Kier molecular flexibility index (Phi) is 5.08. The molecule has 1 saturated carbocycles. The number of nitrogens with zero attached hydrogens (tertiary/aromatic N) is 2. The van der Waals surface area contributed by atoms with Gasteiger partial charge in [0, 0.05) is 39.3 Å². The van der Waals surface area contributed by atoms with Crippen LogP contribution >= 0.6 is 0 Å². The van der Waals surface area contributed by atoms with Crippen molar-refractivity contribution in [2.75, 3.05) is 27.2 Å². The second-order valence-corrected chi connectivity index (χ2v) is 6.44. The summed E-state index contributed by atoms with van der Waals surface area (Å²) in [6.07, 6.45) is 7.80. The summed E-state index contributed by atoms with van der Waals surface area (Å²) < 4.78 is 0. The SMILES string of the molecule is C[C@@H](NC1CCN(C(=O)N(C)C)CC1)C1CCCC1. The molecular formula is C15H29N3O. The number of nitrogens with one attached hydrogen (secondary N) is 1. The summed E-state index contributed by atoms with van der Waals surface area (Å²) in [7, 11) is 3.66. The number of rotatable bonds is 3. The molecule has 2 fully saturated rings. The van der Waals surface area contributed by atoms with Crippen LogP contribution in [0.1, 0.15) is 45.4 Å². The lowest BCUT2D eigenvalue weighted by Crippen LogP contribution is -2.50. The van der Waals surface area contributed by atoms with Crippen molar-refractivity contribution in [1.29, 1.82) is 0 Å². The molecule has 0 bridgehead atoms. The van der Waals surface area contributed by atoms with E-state index in [0.717, 1.165) is 31.8 Å². The number of likely N-dealkylation sites (tertiary alicyclic amines) is 1. The average Bonchev–Trinajstić information content (AvgIpc) is 2.92. The zero-order chi connectivity index (χ0) is 13.8. The number of urea groups is 1. The van der Waals surface area contributed by atoms with E-state index in [2.05, 4.69) is 12.2 Å². The maximum absolute atomic E-state index is 11.9. The van der Waals surface area contributed by atoms with Gasteiger partial charge in [0.1, 0.15) is 0 Å². The van der Waals surface area contributed by atoms with Crippen molar-refractivity contribution in [1.82, 2.24) is 15.1 Å². The normalized spacial score (nSPS) is 23.6. The first-order valence-corrected chi connectivity index (χ1v) is 7.80. The van der Waals surface area contributed by atoms with E-state index in [9.17, 15) is 4.79 Å². The largest absolute Gasteiger partial charge is 0.331 e. The van der Waals surface area contributed by atoms with Gasteiger partial charge in [-0.2, -0.15) is 0 Å². The summed E-state index contributed by atoms with van der Waals surface area (Å²) in [5.74, 6) is 0.876. The highest BCUT2D eigenvalue weighted by Crippen LogP contribution is 2.28. The zero-order valence-corrected chi connectivity index (χ0v) is 12.7. The molecule has 19 heavy (non-hydrogen) atoms. The van der Waals surface area contributed by atoms with Crippen molar-refractivity contribution in [3.05, 3.63) is 0 Å². The fraction of sp³-hybridized carbons (Fsp3) is 0.933. The molecule has 4 nitrogen and oxygen atoms in total. The van der Waals surface area contributed by atoms with Gasteiger partial charge in [-0.05, 0) is 38.5 Å². The third kappa shape index (κ3) is 3.85. The van der Waals surface area contributed by atoms with Crippen molar-refractivity contribution >= 4 is 6.03 Å². The molecule has 4 heteroatoms. The van der Waals surface area contributed by atoms with Crippen LogP contribution in [0, 0.1) is 5.92 Å². The van der Waals surface area contributed by atoms with Crippen LogP contribution in [0.5, 0.6) is 0 Å². The molecule has 1 heterocycles. The van der Waals surface area contributed by atoms with E-state index >= 15 is 0 Å². The van der Waals surface area contributed by atoms with Gasteiger partial charge in [-0.1, -0.05) is 12.8 Å². The van der Waals surface area contributed by atoms with Crippen molar-refractivity contribution in [3.8, 4) is 0 Å². The molecule has 2 aliphatic rings. The van der Waals surface area contributed by atoms with Gasteiger partial charge >= 0.3 is 6.03 Å². The summed E-state index contributed by atoms with van der Waals surface area (Å²) in [6, 6.07) is 1.40. The Morgan fingerprint density at radius 2 is 1.74 bits per heavy atom. The van der Waals surface area contributed by atoms with Gasteiger partial charge < -0.3 is 15.1 Å². The smallest absolute Gasteiger partial charge is 0.319 e. The fourth-order valence-electron chi connectivity index (χ4n) is 3.49. The maximum atomic E-state index is 11.9. The van der Waals surface area contributed by atoms with Crippen molar-refractivity contribution < 1.29 is 4.79 Å². The molecule has 0 radical (unpaired) electrons. The Balaban J connectivity index is 1.72. The number of hydrogen-bond donors (Lipinski definition) is 1. The van der Waals surface area contributed by atoms with Crippen LogP contribution in [-0.4, -0.2) is 55.1 Å². The minimum atomic E-state index is 0.155. The lowest BCUT2D eigenvalue weighted by atomic mass is 9.96. The molecule has 1 atom stereocenters.